The molecule has 1 saturated carbocycles. The number of nitrogens with one attached hydrogen (secondary N) is 1. The number of amides is 4. The lowest BCUT2D eigenvalue weighted by Crippen LogP contribution is -2.53. The summed E-state index contributed by atoms with van der Waals surface area (Å²) in [6.07, 6.45) is -2.21. The summed E-state index contributed by atoms with van der Waals surface area (Å²) in [5.41, 5.74) is 1.93. The molecule has 4 aliphatic rings. The SMILES string of the molecule is COc1cc(O)ccc1[C@H]1C2=CC[C@@H]3C(=O)N(Cc4ccccc4)C(=O)[C@@H]3[C@@H]2C[C@H]2C(=O)N(Nc3ncc(C(F)(F)F)cc3Cl)C(=O)[C@@]12c1ccc(Cl)cc1. The van der Waals surface area contributed by atoms with E-state index >= 15 is 4.79 Å². The van der Waals surface area contributed by atoms with Gasteiger partial charge < -0.3 is 9.84 Å². The molecule has 0 unspecified atom stereocenters. The summed E-state index contributed by atoms with van der Waals surface area (Å²) < 4.78 is 46.2. The number of imide groups is 2. The third kappa shape index (κ3) is 5.74. The number of halogens is 5. The Kier molecular flexibility index (Phi) is 8.92. The molecule has 3 heterocycles. The lowest BCUT2D eigenvalue weighted by molar-refractivity contribution is -0.142. The van der Waals surface area contributed by atoms with Crippen LogP contribution in [-0.2, 0) is 37.3 Å². The predicted octanol–water partition coefficient (Wildman–Crippen LogP) is 7.31. The molecule has 3 aromatic carbocycles. The second-order valence-corrected chi connectivity index (χ2v) is 14.9. The summed E-state index contributed by atoms with van der Waals surface area (Å²) in [6, 6.07) is 20.6. The molecule has 55 heavy (non-hydrogen) atoms. The van der Waals surface area contributed by atoms with E-state index < -0.39 is 69.5 Å². The number of carbonyl (C=O) groups excluding carboxylic acids is 4. The molecular weight excluding hydrogens is 760 g/mol. The van der Waals surface area contributed by atoms with E-state index in [0.717, 1.165) is 10.6 Å². The van der Waals surface area contributed by atoms with Crippen LogP contribution in [0.3, 0.4) is 0 Å². The third-order valence-electron chi connectivity index (χ3n) is 11.4. The number of methoxy groups -OCH3 is 1. The normalized spacial score (nSPS) is 26.1. The smallest absolute Gasteiger partial charge is 0.417 e. The van der Waals surface area contributed by atoms with E-state index in [1.54, 1.807) is 30.3 Å². The number of likely N-dealkylation sites (tertiary alicyclic amines) is 1. The van der Waals surface area contributed by atoms with Gasteiger partial charge in [-0.25, -0.2) is 4.98 Å². The van der Waals surface area contributed by atoms with Gasteiger partial charge >= 0.3 is 6.18 Å². The summed E-state index contributed by atoms with van der Waals surface area (Å²) in [5.74, 6) is -7.04. The molecule has 282 valence electrons. The highest BCUT2D eigenvalue weighted by Crippen LogP contribution is 2.65. The van der Waals surface area contributed by atoms with Crippen molar-refractivity contribution in [1.82, 2.24) is 14.9 Å². The van der Waals surface area contributed by atoms with Crippen molar-refractivity contribution >= 4 is 52.6 Å². The Morgan fingerprint density at radius 1 is 0.945 bits per heavy atom. The Morgan fingerprint density at radius 3 is 2.35 bits per heavy atom. The van der Waals surface area contributed by atoms with Crippen LogP contribution in [-0.4, -0.2) is 50.7 Å². The number of aromatic hydroxyl groups is 1. The van der Waals surface area contributed by atoms with Crippen molar-refractivity contribution in [2.24, 2.45) is 23.7 Å². The number of pyridine rings is 1. The first-order valence-electron chi connectivity index (χ1n) is 17.4. The van der Waals surface area contributed by atoms with Crippen molar-refractivity contribution in [2.45, 2.75) is 36.9 Å². The molecule has 1 aromatic heterocycles. The number of carbonyl (C=O) groups is 4. The van der Waals surface area contributed by atoms with Gasteiger partial charge in [0.25, 0.3) is 11.8 Å². The van der Waals surface area contributed by atoms with Gasteiger partial charge in [-0.15, -0.1) is 0 Å². The molecule has 15 heteroatoms. The molecule has 8 rings (SSSR count). The number of rotatable bonds is 7. The van der Waals surface area contributed by atoms with Gasteiger partial charge in [-0.1, -0.05) is 83.4 Å². The van der Waals surface area contributed by atoms with E-state index in [-0.39, 0.29) is 42.6 Å². The summed E-state index contributed by atoms with van der Waals surface area (Å²) in [4.78, 5) is 63.6. The predicted molar refractivity (Wildman–Crippen MR) is 194 cm³/mol. The minimum Gasteiger partial charge on any atom is -0.508 e. The van der Waals surface area contributed by atoms with Crippen molar-refractivity contribution in [1.29, 1.82) is 0 Å². The van der Waals surface area contributed by atoms with Crippen molar-refractivity contribution in [3.8, 4) is 11.5 Å². The number of anilines is 1. The number of hydrazine groups is 1. The fourth-order valence-electron chi connectivity index (χ4n) is 9.05. The monoisotopic (exact) mass is 790 g/mol. The largest absolute Gasteiger partial charge is 0.508 e. The zero-order chi connectivity index (χ0) is 39.0. The van der Waals surface area contributed by atoms with Crippen LogP contribution in [0.2, 0.25) is 10.0 Å². The standard InChI is InChI=1S/C40H31Cl2F3N4O6/c1-55-31-16-24(50)11-12-26(31)33-25-13-14-27-32(37(53)48(35(27)51)19-20-5-3-2-4-6-20)28(25)17-29-36(52)49(38(54)39(29,33)21-7-9-23(41)10-8-21)47-34-30(42)15-22(18-46-34)40(43,44)45/h2-13,15-16,18,27-29,32-33,50H,14,17,19H2,1H3,(H,46,47)/t27-,28+,29-,32-,33+,39+/m0/s1. The minimum atomic E-state index is -4.75. The maximum absolute atomic E-state index is 15.3. The van der Waals surface area contributed by atoms with Crippen LogP contribution in [0.15, 0.2) is 96.7 Å². The van der Waals surface area contributed by atoms with E-state index in [1.165, 1.54) is 24.1 Å². The summed E-state index contributed by atoms with van der Waals surface area (Å²) in [6.45, 7) is 0.0664. The quantitative estimate of drug-likeness (QED) is 0.147. The van der Waals surface area contributed by atoms with Crippen molar-refractivity contribution in [3.63, 3.8) is 0 Å². The molecule has 2 N–H and O–H groups in total. The van der Waals surface area contributed by atoms with Gasteiger partial charge in [0.15, 0.2) is 5.82 Å². The number of benzene rings is 3. The number of hydrogen-bond acceptors (Lipinski definition) is 8. The number of fused-ring (bicyclic) bond motifs is 4. The average molecular weight is 792 g/mol. The lowest BCUT2D eigenvalue weighted by Gasteiger charge is -2.50. The summed E-state index contributed by atoms with van der Waals surface area (Å²) in [5, 5.41) is 11.1. The van der Waals surface area contributed by atoms with Gasteiger partial charge in [0.1, 0.15) is 11.5 Å². The minimum absolute atomic E-state index is 0.0400. The van der Waals surface area contributed by atoms with Crippen LogP contribution in [0, 0.1) is 23.7 Å². The molecule has 10 nitrogen and oxygen atoms in total. The fourth-order valence-corrected chi connectivity index (χ4v) is 9.39. The van der Waals surface area contributed by atoms with E-state index in [4.69, 9.17) is 27.9 Å². The second-order valence-electron chi connectivity index (χ2n) is 14.1. The molecule has 6 atom stereocenters. The van der Waals surface area contributed by atoms with Crippen LogP contribution < -0.4 is 10.2 Å². The van der Waals surface area contributed by atoms with Gasteiger partial charge in [0, 0.05) is 28.8 Å². The number of allylic oxidation sites excluding steroid dienone is 2. The Labute approximate surface area is 322 Å². The highest BCUT2D eigenvalue weighted by atomic mass is 35.5. The van der Waals surface area contributed by atoms with Crippen LogP contribution in [0.25, 0.3) is 0 Å². The van der Waals surface area contributed by atoms with Gasteiger partial charge in [0.2, 0.25) is 11.8 Å². The number of ether oxygens (including phenoxy) is 1. The Balaban J connectivity index is 1.31. The average Bonchev–Trinajstić information content (AvgIpc) is 3.53. The van der Waals surface area contributed by atoms with Crippen LogP contribution in [0.1, 0.15) is 41.0 Å². The molecule has 4 amide bonds. The highest BCUT2D eigenvalue weighted by Gasteiger charge is 2.70. The summed E-state index contributed by atoms with van der Waals surface area (Å²) >= 11 is 12.6. The summed E-state index contributed by atoms with van der Waals surface area (Å²) in [7, 11) is 1.39. The fraction of sp³-hybridized carbons (Fsp3) is 0.275. The van der Waals surface area contributed by atoms with E-state index in [2.05, 4.69) is 10.4 Å². The first kappa shape index (κ1) is 36.6. The maximum atomic E-state index is 15.3. The van der Waals surface area contributed by atoms with Crippen molar-refractivity contribution in [3.05, 3.63) is 129 Å². The molecule has 0 radical (unpaired) electrons. The van der Waals surface area contributed by atoms with E-state index in [9.17, 15) is 32.7 Å². The van der Waals surface area contributed by atoms with Crippen LogP contribution in [0.4, 0.5) is 19.0 Å². The third-order valence-corrected chi connectivity index (χ3v) is 11.9. The van der Waals surface area contributed by atoms with Gasteiger partial charge in [-0.05, 0) is 54.2 Å². The van der Waals surface area contributed by atoms with Crippen LogP contribution in [0.5, 0.6) is 11.5 Å². The van der Waals surface area contributed by atoms with Gasteiger partial charge in [-0.3, -0.25) is 29.5 Å². The van der Waals surface area contributed by atoms with Crippen molar-refractivity contribution in [2.75, 3.05) is 12.5 Å². The molecular formula is C40H31Cl2F3N4O6. The maximum Gasteiger partial charge on any atom is 0.417 e. The zero-order valence-electron chi connectivity index (χ0n) is 28.9. The zero-order valence-corrected chi connectivity index (χ0v) is 30.4. The Morgan fingerprint density at radius 2 is 1.67 bits per heavy atom. The Hall–Kier alpha value is -5.40. The number of alkyl halides is 3. The number of aromatic nitrogens is 1. The molecule has 2 saturated heterocycles. The first-order valence-corrected chi connectivity index (χ1v) is 18.1. The Bertz CT molecular complexity index is 2290. The molecule has 3 fully saturated rings. The van der Waals surface area contributed by atoms with Crippen molar-refractivity contribution < 1.29 is 42.2 Å². The molecule has 4 aromatic rings. The number of phenolic OH excluding ortho intramolecular Hbond substituents is 1. The lowest BCUT2D eigenvalue weighted by atomic mass is 9.49. The highest BCUT2D eigenvalue weighted by molar-refractivity contribution is 6.33. The van der Waals surface area contributed by atoms with E-state index in [1.807, 2.05) is 36.4 Å². The first-order chi connectivity index (χ1) is 26.2. The topological polar surface area (TPSA) is 129 Å². The number of hydrogen-bond donors (Lipinski definition) is 2. The molecule has 2 aliphatic heterocycles. The molecule has 0 bridgehead atoms. The second kappa shape index (κ2) is 13.4. The molecule has 0 spiro atoms. The van der Waals surface area contributed by atoms with Gasteiger partial charge in [-0.2, -0.15) is 18.2 Å². The van der Waals surface area contributed by atoms with Gasteiger partial charge in [0.05, 0.1) is 47.4 Å². The molecule has 2 aliphatic carbocycles. The van der Waals surface area contributed by atoms with E-state index in [0.29, 0.717) is 34.0 Å². The van der Waals surface area contributed by atoms with Crippen LogP contribution >= 0.6 is 23.2 Å². The number of nitrogens with zero attached hydrogens (tertiary/aromatic N) is 3. The number of phenols is 1.